The zero-order chi connectivity index (χ0) is 5.86. The molecule has 0 N–H and O–H groups in total. The molecule has 0 radical (unpaired) electrons. The second kappa shape index (κ2) is 5.98. The van der Waals surface area contributed by atoms with Gasteiger partial charge >= 0.3 is 29.6 Å². The summed E-state index contributed by atoms with van der Waals surface area (Å²) in [5.74, 6) is 0.0833. The molecule has 0 aromatic rings. The molecule has 0 bridgehead atoms. The molecule has 0 saturated carbocycles. The molecule has 2 nitrogen and oxygen atoms in total. The number of hydrogen-bond acceptors (Lipinski definition) is 2. The van der Waals surface area contributed by atoms with E-state index in [9.17, 15) is 8.76 Å². The van der Waals surface area contributed by atoms with Crippen molar-refractivity contribution in [1.82, 2.24) is 0 Å². The quantitative estimate of drug-likeness (QED) is 0.242. The summed E-state index contributed by atoms with van der Waals surface area (Å²) in [6.07, 6.45) is 0. The minimum absolute atomic E-state index is 0. The van der Waals surface area contributed by atoms with Crippen LogP contribution in [-0.4, -0.2) is 14.5 Å². The average Bonchev–Trinajstić information content (AvgIpc) is 1.27. The fourth-order valence-corrected chi connectivity index (χ4v) is 0.604. The summed E-state index contributed by atoms with van der Waals surface area (Å²) in [4.78, 5) is 0. The first-order valence-electron chi connectivity index (χ1n) is 1.83. The fraction of sp³-hybridized carbons (Fsp3) is 0.500. The Labute approximate surface area is 73.9 Å². The first kappa shape index (κ1) is 11.6. The Hall–Kier alpha value is 0.850. The van der Waals surface area contributed by atoms with E-state index in [1.165, 1.54) is 0 Å². The van der Waals surface area contributed by atoms with Crippen molar-refractivity contribution in [1.29, 1.82) is 0 Å². The fourth-order valence-electron chi connectivity index (χ4n) is 0.201. The second-order valence-electron chi connectivity index (χ2n) is 1.41. The van der Waals surface area contributed by atoms with Gasteiger partial charge in [-0.15, -0.1) is 0 Å². The van der Waals surface area contributed by atoms with Gasteiger partial charge in [0.25, 0.3) is 0 Å². The van der Waals surface area contributed by atoms with Crippen LogP contribution >= 0.6 is 0 Å². The van der Waals surface area contributed by atoms with E-state index in [0.29, 0.717) is 5.57 Å². The molecule has 1 unspecified atom stereocenters. The van der Waals surface area contributed by atoms with Crippen molar-refractivity contribution in [2.45, 2.75) is 6.92 Å². The van der Waals surface area contributed by atoms with E-state index >= 15 is 0 Å². The minimum Gasteiger partial charge on any atom is -0.772 e. The van der Waals surface area contributed by atoms with Crippen LogP contribution in [0, 0.1) is 0 Å². The van der Waals surface area contributed by atoms with Crippen LogP contribution in [0.15, 0.2) is 12.2 Å². The molecular formula is C4H7NaO2S. The molecule has 0 aliphatic carbocycles. The van der Waals surface area contributed by atoms with Crippen LogP contribution in [-0.2, 0) is 11.1 Å². The van der Waals surface area contributed by atoms with Crippen LogP contribution in [0.4, 0.5) is 0 Å². The molecule has 4 heteroatoms. The molecule has 0 aliphatic heterocycles. The Morgan fingerprint density at radius 2 is 2.25 bits per heavy atom. The van der Waals surface area contributed by atoms with E-state index in [1.54, 1.807) is 6.92 Å². The maximum Gasteiger partial charge on any atom is 1.00 e. The topological polar surface area (TPSA) is 40.1 Å². The molecular weight excluding hydrogens is 135 g/mol. The third-order valence-electron chi connectivity index (χ3n) is 0.364. The van der Waals surface area contributed by atoms with Crippen molar-refractivity contribution >= 4 is 11.1 Å². The van der Waals surface area contributed by atoms with Gasteiger partial charge in [0.05, 0.1) is 0 Å². The summed E-state index contributed by atoms with van der Waals surface area (Å²) in [6.45, 7) is 5.08. The molecule has 0 amide bonds. The molecule has 0 saturated heterocycles. The summed E-state index contributed by atoms with van der Waals surface area (Å²) in [7, 11) is 0. The van der Waals surface area contributed by atoms with Gasteiger partial charge in [-0.1, -0.05) is 23.2 Å². The minimum atomic E-state index is -1.95. The van der Waals surface area contributed by atoms with E-state index < -0.39 is 11.1 Å². The Morgan fingerprint density at radius 3 is 2.25 bits per heavy atom. The van der Waals surface area contributed by atoms with Crippen molar-refractivity contribution in [3.8, 4) is 0 Å². The average molecular weight is 142 g/mol. The van der Waals surface area contributed by atoms with Gasteiger partial charge in [0, 0.05) is 5.75 Å². The van der Waals surface area contributed by atoms with Crippen LogP contribution in [0.3, 0.4) is 0 Å². The first-order chi connectivity index (χ1) is 3.13. The molecule has 0 spiro atoms. The van der Waals surface area contributed by atoms with E-state index in [4.69, 9.17) is 0 Å². The summed E-state index contributed by atoms with van der Waals surface area (Å²) in [5.41, 5.74) is 0.674. The maximum atomic E-state index is 9.75. The maximum absolute atomic E-state index is 9.75. The molecule has 8 heavy (non-hydrogen) atoms. The van der Waals surface area contributed by atoms with Gasteiger partial charge in [0.2, 0.25) is 0 Å². The third kappa shape index (κ3) is 9.97. The molecule has 0 fully saturated rings. The van der Waals surface area contributed by atoms with E-state index in [-0.39, 0.29) is 35.3 Å². The van der Waals surface area contributed by atoms with Gasteiger partial charge in [0.1, 0.15) is 0 Å². The van der Waals surface area contributed by atoms with Crippen LogP contribution in [0.2, 0.25) is 0 Å². The summed E-state index contributed by atoms with van der Waals surface area (Å²) < 4.78 is 19.5. The zero-order valence-electron chi connectivity index (χ0n) is 5.14. The van der Waals surface area contributed by atoms with Crippen molar-refractivity contribution < 1.29 is 38.3 Å². The normalized spacial score (nSPS) is 11.8. The van der Waals surface area contributed by atoms with Crippen molar-refractivity contribution in [3.05, 3.63) is 12.2 Å². The van der Waals surface area contributed by atoms with E-state index in [1.807, 2.05) is 0 Å². The van der Waals surface area contributed by atoms with Gasteiger partial charge in [-0.25, -0.2) is 0 Å². The van der Waals surface area contributed by atoms with Crippen LogP contribution in [0.5, 0.6) is 0 Å². The Balaban J connectivity index is 0. The summed E-state index contributed by atoms with van der Waals surface area (Å²) in [5, 5.41) is 0. The van der Waals surface area contributed by atoms with E-state index in [0.717, 1.165) is 0 Å². The molecule has 0 heterocycles. The monoisotopic (exact) mass is 142 g/mol. The SMILES string of the molecule is C=C(C)CS(=O)[O-].[Na+]. The van der Waals surface area contributed by atoms with Crippen LogP contribution in [0.1, 0.15) is 6.92 Å². The molecule has 0 aromatic heterocycles. The summed E-state index contributed by atoms with van der Waals surface area (Å²) in [6, 6.07) is 0. The number of rotatable bonds is 2. The molecule has 0 aliphatic rings. The second-order valence-corrected chi connectivity index (χ2v) is 2.30. The smallest absolute Gasteiger partial charge is 0.772 e. The Kier molecular flexibility index (Phi) is 8.68. The number of hydrogen-bond donors (Lipinski definition) is 0. The van der Waals surface area contributed by atoms with Crippen molar-refractivity contribution in [2.75, 3.05) is 5.75 Å². The van der Waals surface area contributed by atoms with Crippen LogP contribution in [0.25, 0.3) is 0 Å². The standard InChI is InChI=1S/C4H8O2S.Na/c1-4(2)3-7(5)6;/h1,3H2,2H3,(H,5,6);/q;+1/p-1. The van der Waals surface area contributed by atoms with Gasteiger partial charge < -0.3 is 4.55 Å². The van der Waals surface area contributed by atoms with Crippen molar-refractivity contribution in [2.24, 2.45) is 0 Å². The van der Waals surface area contributed by atoms with E-state index in [2.05, 4.69) is 6.58 Å². The third-order valence-corrected chi connectivity index (χ3v) is 1.09. The van der Waals surface area contributed by atoms with Gasteiger partial charge in [-0.3, -0.25) is 4.21 Å². The van der Waals surface area contributed by atoms with Gasteiger partial charge in [-0.2, -0.15) is 0 Å². The molecule has 1 atom stereocenters. The zero-order valence-corrected chi connectivity index (χ0v) is 7.96. The molecule has 0 aromatic carbocycles. The largest absolute Gasteiger partial charge is 1.00 e. The van der Waals surface area contributed by atoms with Gasteiger partial charge in [0.15, 0.2) is 0 Å². The van der Waals surface area contributed by atoms with Gasteiger partial charge in [-0.05, 0) is 6.92 Å². The molecule has 42 valence electrons. The predicted molar refractivity (Wildman–Crippen MR) is 28.6 cm³/mol. The Morgan fingerprint density at radius 1 is 1.88 bits per heavy atom. The Bertz CT molecular complexity index is 90.2. The van der Waals surface area contributed by atoms with Crippen LogP contribution < -0.4 is 29.6 Å². The molecule has 0 rings (SSSR count). The summed E-state index contributed by atoms with van der Waals surface area (Å²) >= 11 is -1.95. The van der Waals surface area contributed by atoms with Crippen molar-refractivity contribution in [3.63, 3.8) is 0 Å². The predicted octanol–water partition coefficient (Wildman–Crippen LogP) is -2.55. The first-order valence-corrected chi connectivity index (χ1v) is 3.07.